The minimum absolute atomic E-state index is 0.0328. The van der Waals surface area contributed by atoms with Gasteiger partial charge in [-0.2, -0.15) is 11.8 Å². The molecule has 0 aliphatic heterocycles. The first-order chi connectivity index (χ1) is 8.74. The Morgan fingerprint density at radius 1 is 1.39 bits per heavy atom. The summed E-state index contributed by atoms with van der Waals surface area (Å²) in [6.07, 6.45) is 3.13. The zero-order valence-electron chi connectivity index (χ0n) is 10.7. The molecule has 1 heterocycles. The number of hydrogen-bond acceptors (Lipinski definition) is 3. The summed E-state index contributed by atoms with van der Waals surface area (Å²) in [7, 11) is 0. The molecule has 1 unspecified atom stereocenters. The van der Waals surface area contributed by atoms with E-state index in [2.05, 4.69) is 23.5 Å². The van der Waals surface area contributed by atoms with Gasteiger partial charge in [0.2, 0.25) is 0 Å². The van der Waals surface area contributed by atoms with Crippen molar-refractivity contribution in [2.75, 3.05) is 17.3 Å². The molecule has 0 spiro atoms. The summed E-state index contributed by atoms with van der Waals surface area (Å²) in [5, 5.41) is 5.10. The molecule has 0 fully saturated rings. The number of aromatic nitrogens is 1. The number of thioether (sulfide) groups is 1. The second-order valence-electron chi connectivity index (χ2n) is 4.30. The molecule has 0 saturated heterocycles. The summed E-state index contributed by atoms with van der Waals surface area (Å²) >= 11 is 1.81. The molecule has 0 saturated carbocycles. The molecule has 3 nitrogen and oxygen atoms in total. The van der Waals surface area contributed by atoms with Gasteiger partial charge in [0.1, 0.15) is 5.82 Å². The number of fused-ring (bicyclic) bond motifs is 1. The highest BCUT2D eigenvalue weighted by Gasteiger charge is 2.07. The average Bonchev–Trinajstić information content (AvgIpc) is 2.38. The van der Waals surface area contributed by atoms with Crippen molar-refractivity contribution >= 4 is 28.4 Å². The van der Waals surface area contributed by atoms with Crippen molar-refractivity contribution in [2.45, 2.75) is 19.4 Å². The van der Waals surface area contributed by atoms with E-state index in [9.17, 15) is 4.79 Å². The molecule has 96 valence electrons. The highest BCUT2D eigenvalue weighted by atomic mass is 32.2. The Labute approximate surface area is 111 Å². The van der Waals surface area contributed by atoms with Gasteiger partial charge in [-0.15, -0.1) is 0 Å². The van der Waals surface area contributed by atoms with E-state index in [1.54, 1.807) is 11.8 Å². The van der Waals surface area contributed by atoms with Crippen LogP contribution in [0.1, 0.15) is 13.3 Å². The van der Waals surface area contributed by atoms with E-state index in [-0.39, 0.29) is 5.56 Å². The van der Waals surface area contributed by atoms with Crippen LogP contribution in [0.2, 0.25) is 0 Å². The Morgan fingerprint density at radius 2 is 2.17 bits per heavy atom. The summed E-state index contributed by atoms with van der Waals surface area (Å²) in [5.74, 6) is 1.84. The van der Waals surface area contributed by atoms with Gasteiger partial charge < -0.3 is 10.3 Å². The van der Waals surface area contributed by atoms with Crippen LogP contribution in [0.15, 0.2) is 35.1 Å². The number of aromatic amines is 1. The van der Waals surface area contributed by atoms with Gasteiger partial charge in [-0.05, 0) is 30.2 Å². The third-order valence-corrected chi connectivity index (χ3v) is 3.71. The fraction of sp³-hybridized carbons (Fsp3) is 0.357. The van der Waals surface area contributed by atoms with Gasteiger partial charge in [0.25, 0.3) is 5.56 Å². The van der Waals surface area contributed by atoms with Gasteiger partial charge in [0, 0.05) is 17.2 Å². The van der Waals surface area contributed by atoms with Gasteiger partial charge in [0.15, 0.2) is 0 Å². The van der Waals surface area contributed by atoms with E-state index in [1.165, 1.54) is 0 Å². The third-order valence-electron chi connectivity index (χ3n) is 2.97. The smallest absolute Gasteiger partial charge is 0.257 e. The van der Waals surface area contributed by atoms with Crippen molar-refractivity contribution in [2.24, 2.45) is 0 Å². The maximum absolute atomic E-state index is 11.9. The highest BCUT2D eigenvalue weighted by Crippen LogP contribution is 2.15. The predicted octanol–water partition coefficient (Wildman–Crippen LogP) is 3.08. The number of H-pyrrole nitrogens is 1. The largest absolute Gasteiger partial charge is 0.368 e. The molecule has 0 amide bonds. The number of anilines is 1. The Balaban J connectivity index is 2.32. The first-order valence-electron chi connectivity index (χ1n) is 6.12. The Bertz CT molecular complexity index is 579. The number of hydrogen-bond donors (Lipinski definition) is 2. The number of rotatable bonds is 5. The van der Waals surface area contributed by atoms with Gasteiger partial charge in [-0.1, -0.05) is 25.1 Å². The summed E-state index contributed by atoms with van der Waals surface area (Å²) in [4.78, 5) is 14.8. The van der Waals surface area contributed by atoms with Crippen LogP contribution in [0.25, 0.3) is 10.8 Å². The van der Waals surface area contributed by atoms with Gasteiger partial charge >= 0.3 is 0 Å². The average molecular weight is 262 g/mol. The lowest BCUT2D eigenvalue weighted by Crippen LogP contribution is -2.23. The fourth-order valence-electron chi connectivity index (χ4n) is 1.97. The zero-order chi connectivity index (χ0) is 13.0. The van der Waals surface area contributed by atoms with Crippen LogP contribution in [-0.4, -0.2) is 23.0 Å². The van der Waals surface area contributed by atoms with Crippen LogP contribution >= 0.6 is 11.8 Å². The molecule has 1 aromatic carbocycles. The Hall–Kier alpha value is -1.42. The molecule has 1 atom stereocenters. The van der Waals surface area contributed by atoms with Crippen molar-refractivity contribution in [3.8, 4) is 0 Å². The first kappa shape index (κ1) is 13.0. The monoisotopic (exact) mass is 262 g/mol. The third kappa shape index (κ3) is 2.88. The molecule has 2 N–H and O–H groups in total. The lowest BCUT2D eigenvalue weighted by atomic mass is 10.1. The van der Waals surface area contributed by atoms with Crippen LogP contribution < -0.4 is 10.9 Å². The molecule has 0 aliphatic rings. The van der Waals surface area contributed by atoms with Crippen LogP contribution in [0.4, 0.5) is 5.82 Å². The van der Waals surface area contributed by atoms with E-state index in [1.807, 2.05) is 30.3 Å². The van der Waals surface area contributed by atoms with E-state index in [4.69, 9.17) is 0 Å². The molecule has 2 aromatic rings. The van der Waals surface area contributed by atoms with Crippen molar-refractivity contribution in [1.29, 1.82) is 0 Å². The lowest BCUT2D eigenvalue weighted by molar-refractivity contribution is 0.769. The normalized spacial score (nSPS) is 12.6. The minimum Gasteiger partial charge on any atom is -0.368 e. The maximum Gasteiger partial charge on any atom is 0.257 e. The molecule has 0 radical (unpaired) electrons. The summed E-state index contributed by atoms with van der Waals surface area (Å²) in [5.41, 5.74) is -0.0328. The molecule has 1 aromatic heterocycles. The minimum atomic E-state index is -0.0328. The van der Waals surface area contributed by atoms with Crippen LogP contribution in [-0.2, 0) is 0 Å². The molecule has 18 heavy (non-hydrogen) atoms. The number of nitrogens with one attached hydrogen (secondary N) is 2. The topological polar surface area (TPSA) is 44.9 Å². The quantitative estimate of drug-likeness (QED) is 0.870. The second kappa shape index (κ2) is 5.96. The van der Waals surface area contributed by atoms with Gasteiger partial charge in [-0.3, -0.25) is 4.79 Å². The highest BCUT2D eigenvalue weighted by molar-refractivity contribution is 7.98. The van der Waals surface area contributed by atoms with Crippen molar-refractivity contribution in [3.05, 3.63) is 40.7 Å². The van der Waals surface area contributed by atoms with Gasteiger partial charge in [-0.25, -0.2) is 0 Å². The van der Waals surface area contributed by atoms with E-state index in [0.29, 0.717) is 6.04 Å². The maximum atomic E-state index is 11.9. The molecule has 0 aliphatic carbocycles. The summed E-state index contributed by atoms with van der Waals surface area (Å²) in [6, 6.07) is 10.0. The van der Waals surface area contributed by atoms with E-state index < -0.39 is 0 Å². The van der Waals surface area contributed by atoms with Gasteiger partial charge in [0.05, 0.1) is 0 Å². The van der Waals surface area contributed by atoms with E-state index >= 15 is 0 Å². The number of benzene rings is 1. The molecule has 2 rings (SSSR count). The molecule has 4 heteroatoms. The summed E-state index contributed by atoms with van der Waals surface area (Å²) in [6.45, 7) is 2.15. The predicted molar refractivity (Wildman–Crippen MR) is 80.7 cm³/mol. The van der Waals surface area contributed by atoms with Crippen molar-refractivity contribution in [3.63, 3.8) is 0 Å². The Morgan fingerprint density at radius 3 is 2.89 bits per heavy atom. The van der Waals surface area contributed by atoms with Crippen molar-refractivity contribution < 1.29 is 0 Å². The van der Waals surface area contributed by atoms with Crippen LogP contribution in [0.3, 0.4) is 0 Å². The summed E-state index contributed by atoms with van der Waals surface area (Å²) < 4.78 is 0. The van der Waals surface area contributed by atoms with Crippen LogP contribution in [0.5, 0.6) is 0 Å². The lowest BCUT2D eigenvalue weighted by Gasteiger charge is -2.17. The second-order valence-corrected chi connectivity index (χ2v) is 5.21. The van der Waals surface area contributed by atoms with Crippen molar-refractivity contribution in [1.82, 2.24) is 4.98 Å². The zero-order valence-corrected chi connectivity index (χ0v) is 11.5. The first-order valence-corrected chi connectivity index (χ1v) is 7.51. The van der Waals surface area contributed by atoms with E-state index in [0.717, 1.165) is 28.8 Å². The molecule has 0 bridgehead atoms. The fourth-order valence-corrected chi connectivity index (χ4v) is 2.69. The molecular weight excluding hydrogens is 244 g/mol. The Kier molecular flexibility index (Phi) is 4.31. The molecular formula is C14H18N2OS. The SMILES string of the molecule is CCC(CSC)Nc1cc2ccccc2c(=O)[nH]1. The van der Waals surface area contributed by atoms with Crippen LogP contribution in [0, 0.1) is 0 Å². The number of pyridine rings is 1. The standard InChI is InChI=1S/C14H18N2OS/c1-3-11(9-18-2)15-13-8-10-6-4-5-7-12(10)14(17)16-13/h4-8,11H,3,9H2,1-2H3,(H2,15,16,17).